The smallest absolute Gasteiger partial charge is 0.307 e. The van der Waals surface area contributed by atoms with Crippen LogP contribution < -0.4 is 10.5 Å². The largest absolute Gasteiger partial charge is 0.485 e. The van der Waals surface area contributed by atoms with Crippen molar-refractivity contribution in [2.75, 3.05) is 18.8 Å². The first-order valence-corrected chi connectivity index (χ1v) is 13.9. The van der Waals surface area contributed by atoms with Crippen molar-refractivity contribution in [1.82, 2.24) is 9.88 Å². The van der Waals surface area contributed by atoms with Gasteiger partial charge in [0.15, 0.2) is 0 Å². The highest BCUT2D eigenvalue weighted by molar-refractivity contribution is 6.01. The van der Waals surface area contributed by atoms with Gasteiger partial charge < -0.3 is 20.5 Å². The molecule has 0 radical (unpaired) electrons. The van der Waals surface area contributed by atoms with Crippen LogP contribution in [-0.4, -0.2) is 40.0 Å². The van der Waals surface area contributed by atoms with Crippen molar-refractivity contribution in [2.24, 2.45) is 0 Å². The van der Waals surface area contributed by atoms with Crippen LogP contribution in [0, 0.1) is 0 Å². The number of anilines is 1. The summed E-state index contributed by atoms with van der Waals surface area (Å²) in [5.41, 5.74) is 11.3. The third-order valence-electron chi connectivity index (χ3n) is 8.65. The van der Waals surface area contributed by atoms with Gasteiger partial charge in [-0.05, 0) is 65.1 Å². The Balaban J connectivity index is 1.42. The number of nitrogens with two attached hydrogens (primary N) is 1. The Morgan fingerprint density at radius 1 is 1.05 bits per heavy atom. The Morgan fingerprint density at radius 2 is 1.85 bits per heavy atom. The molecule has 3 N–H and O–H groups in total. The number of carbonyl (C=O) groups excluding carboxylic acids is 1. The quantitative estimate of drug-likeness (QED) is 0.318. The van der Waals surface area contributed by atoms with Gasteiger partial charge in [0.25, 0.3) is 0 Å². The number of carboxylic acids is 1. The zero-order chi connectivity index (χ0) is 27.9. The molecule has 204 valence electrons. The van der Waals surface area contributed by atoms with Gasteiger partial charge in [-0.1, -0.05) is 55.5 Å². The van der Waals surface area contributed by atoms with Gasteiger partial charge in [0.2, 0.25) is 5.91 Å². The number of benzene rings is 3. The van der Waals surface area contributed by atoms with Crippen molar-refractivity contribution in [3.8, 4) is 16.9 Å². The van der Waals surface area contributed by atoms with E-state index in [1.165, 1.54) is 5.56 Å². The number of piperidine rings is 1. The maximum Gasteiger partial charge on any atom is 0.307 e. The van der Waals surface area contributed by atoms with E-state index in [4.69, 9.17) is 10.5 Å². The molecule has 1 unspecified atom stereocenters. The minimum atomic E-state index is -0.890. The molecule has 1 fully saturated rings. The summed E-state index contributed by atoms with van der Waals surface area (Å²) in [5.74, 6) is 0.415. The molecule has 2 aliphatic rings. The van der Waals surface area contributed by atoms with Gasteiger partial charge in [0.1, 0.15) is 17.7 Å². The lowest BCUT2D eigenvalue weighted by atomic mass is 9.73. The highest BCUT2D eigenvalue weighted by atomic mass is 16.5. The van der Waals surface area contributed by atoms with Gasteiger partial charge >= 0.3 is 5.97 Å². The second-order valence-corrected chi connectivity index (χ2v) is 10.9. The number of carbonyl (C=O) groups is 2. The van der Waals surface area contributed by atoms with Gasteiger partial charge in [-0.2, -0.15) is 0 Å². The third kappa shape index (κ3) is 4.55. The molecule has 0 bridgehead atoms. The Hall–Kier alpha value is -4.39. The minimum absolute atomic E-state index is 0.0967. The predicted octanol–water partition coefficient (Wildman–Crippen LogP) is 5.91. The molecular formula is C33H33N3O4. The number of ether oxygens (including phenoxy) is 1. The number of fused-ring (bicyclic) bond motifs is 3. The summed E-state index contributed by atoms with van der Waals surface area (Å²) in [7, 11) is 0. The van der Waals surface area contributed by atoms with Gasteiger partial charge in [0, 0.05) is 42.1 Å². The van der Waals surface area contributed by atoms with Crippen LogP contribution in [0.15, 0.2) is 72.9 Å². The van der Waals surface area contributed by atoms with E-state index in [1.54, 1.807) is 6.20 Å². The number of para-hydroxylation sites is 1. The standard InChI is InChI=1S/C33H33N3O4/c1-2-30(37)36-16-13-33(14-17-36)20-29(40-28-9-4-3-6-22(28)19-31(38)39)26-18-21(10-11-27(26)33)23-7-5-8-25-24(23)12-15-35-32(25)34/h3-12,15,18,29H,2,13-14,16-17,19-20H2,1H3,(H2,34,35)(H,38,39). The van der Waals surface area contributed by atoms with E-state index < -0.39 is 5.97 Å². The van der Waals surface area contributed by atoms with E-state index in [1.807, 2.05) is 54.3 Å². The van der Waals surface area contributed by atoms with Crippen LogP contribution in [0.25, 0.3) is 21.9 Å². The van der Waals surface area contributed by atoms with Gasteiger partial charge in [-0.25, -0.2) is 4.98 Å². The zero-order valence-electron chi connectivity index (χ0n) is 22.6. The van der Waals surface area contributed by atoms with Crippen molar-refractivity contribution >= 4 is 28.5 Å². The summed E-state index contributed by atoms with van der Waals surface area (Å²) >= 11 is 0. The predicted molar refractivity (Wildman–Crippen MR) is 155 cm³/mol. The van der Waals surface area contributed by atoms with E-state index >= 15 is 0 Å². The lowest BCUT2D eigenvalue weighted by Gasteiger charge is -2.40. The van der Waals surface area contributed by atoms with Crippen molar-refractivity contribution in [2.45, 2.75) is 50.5 Å². The molecule has 3 aromatic carbocycles. The van der Waals surface area contributed by atoms with Crippen LogP contribution in [0.3, 0.4) is 0 Å². The summed E-state index contributed by atoms with van der Waals surface area (Å²) < 4.78 is 6.68. The molecule has 1 atom stereocenters. The zero-order valence-corrected chi connectivity index (χ0v) is 22.6. The number of rotatable bonds is 6. The van der Waals surface area contributed by atoms with E-state index in [0.29, 0.717) is 23.6 Å². The van der Waals surface area contributed by atoms with Crippen molar-refractivity contribution in [1.29, 1.82) is 0 Å². The summed E-state index contributed by atoms with van der Waals surface area (Å²) in [6.07, 6.45) is 4.45. The van der Waals surface area contributed by atoms with Crippen LogP contribution in [0.5, 0.6) is 5.75 Å². The van der Waals surface area contributed by atoms with Crippen molar-refractivity contribution in [3.63, 3.8) is 0 Å². The Labute approximate surface area is 233 Å². The van der Waals surface area contributed by atoms with E-state index in [9.17, 15) is 14.7 Å². The molecule has 4 aromatic rings. The summed E-state index contributed by atoms with van der Waals surface area (Å²) in [4.78, 5) is 30.2. The molecule has 40 heavy (non-hydrogen) atoms. The number of nitrogens with zero attached hydrogens (tertiary/aromatic N) is 2. The van der Waals surface area contributed by atoms with E-state index in [-0.39, 0.29) is 23.8 Å². The second kappa shape index (κ2) is 10.3. The maximum atomic E-state index is 12.4. The molecule has 1 aliphatic heterocycles. The summed E-state index contributed by atoms with van der Waals surface area (Å²) in [6, 6.07) is 22.1. The number of pyridine rings is 1. The third-order valence-corrected chi connectivity index (χ3v) is 8.65. The highest BCUT2D eigenvalue weighted by Gasteiger charge is 2.47. The number of nitrogen functional groups attached to an aromatic ring is 1. The van der Waals surface area contributed by atoms with Gasteiger partial charge in [-0.3, -0.25) is 9.59 Å². The molecule has 7 heteroatoms. The molecule has 7 nitrogen and oxygen atoms in total. The number of amides is 1. The van der Waals surface area contributed by atoms with Crippen LogP contribution in [0.2, 0.25) is 0 Å². The van der Waals surface area contributed by atoms with Crippen LogP contribution in [-0.2, 0) is 21.4 Å². The van der Waals surface area contributed by atoms with Crippen LogP contribution in [0.1, 0.15) is 55.4 Å². The SMILES string of the molecule is CCC(=O)N1CCC2(CC1)CC(Oc1ccccc1CC(=O)O)c1cc(-c3cccc4c(N)nccc34)ccc12. The van der Waals surface area contributed by atoms with Crippen molar-refractivity contribution in [3.05, 3.63) is 89.6 Å². The Kier molecular flexibility index (Phi) is 6.66. The number of hydrogen-bond acceptors (Lipinski definition) is 5. The Morgan fingerprint density at radius 3 is 2.62 bits per heavy atom. The number of aromatic nitrogens is 1. The normalized spacial score (nSPS) is 17.6. The van der Waals surface area contributed by atoms with Gasteiger partial charge in [0.05, 0.1) is 6.42 Å². The summed E-state index contributed by atoms with van der Waals surface area (Å²) in [5, 5.41) is 11.4. The average Bonchev–Trinajstić information content (AvgIpc) is 3.25. The minimum Gasteiger partial charge on any atom is -0.485 e. The second-order valence-electron chi connectivity index (χ2n) is 10.9. The van der Waals surface area contributed by atoms with Crippen LogP contribution in [0.4, 0.5) is 5.82 Å². The monoisotopic (exact) mass is 535 g/mol. The van der Waals surface area contributed by atoms with Gasteiger partial charge in [-0.15, -0.1) is 0 Å². The molecule has 1 amide bonds. The lowest BCUT2D eigenvalue weighted by molar-refractivity contribution is -0.136. The number of likely N-dealkylation sites (tertiary alicyclic amines) is 1. The number of carboxylic acid groups (broad SMARTS) is 1. The molecular weight excluding hydrogens is 502 g/mol. The van der Waals surface area contributed by atoms with Crippen molar-refractivity contribution < 1.29 is 19.4 Å². The Bertz CT molecular complexity index is 1610. The fraction of sp³-hybridized carbons (Fsp3) is 0.303. The first-order valence-electron chi connectivity index (χ1n) is 13.9. The lowest BCUT2D eigenvalue weighted by Crippen LogP contribution is -2.44. The molecule has 6 rings (SSSR count). The first kappa shape index (κ1) is 25.9. The molecule has 0 saturated carbocycles. The molecule has 1 spiro atoms. The number of hydrogen-bond donors (Lipinski definition) is 2. The fourth-order valence-electron chi connectivity index (χ4n) is 6.60. The molecule has 1 aliphatic carbocycles. The molecule has 1 saturated heterocycles. The number of aliphatic carboxylic acids is 1. The first-order chi connectivity index (χ1) is 19.4. The highest BCUT2D eigenvalue weighted by Crippen LogP contribution is 2.53. The molecule has 2 heterocycles. The van der Waals surface area contributed by atoms with E-state index in [2.05, 4.69) is 29.2 Å². The molecule has 1 aromatic heterocycles. The van der Waals surface area contributed by atoms with Crippen LogP contribution >= 0.6 is 0 Å². The summed E-state index contributed by atoms with van der Waals surface area (Å²) in [6.45, 7) is 3.37. The maximum absolute atomic E-state index is 12.4. The topological polar surface area (TPSA) is 106 Å². The van der Waals surface area contributed by atoms with E-state index in [0.717, 1.165) is 59.8 Å². The average molecular weight is 536 g/mol. The fourth-order valence-corrected chi connectivity index (χ4v) is 6.60.